The molecule has 2 aromatic rings. The predicted octanol–water partition coefficient (Wildman–Crippen LogP) is 3.04. The number of pyridine rings is 1. The minimum Gasteiger partial charge on any atom is -0.439 e. The number of aliphatic hydroxyl groups excluding tert-OH is 1. The summed E-state index contributed by atoms with van der Waals surface area (Å²) < 4.78 is 5.97. The normalized spacial score (nSPS) is 10.2. The standard InChI is InChI=1S/C12H9BrN2O4/c13-9-3-10(15(17)18)5-11(4-9)19-12-2-1-8(7-16)6-14-12/h1-6,16H,7H2. The number of nitrogens with zero attached hydrogens (tertiary/aromatic N) is 2. The van der Waals surface area contributed by atoms with E-state index in [1.165, 1.54) is 18.3 Å². The van der Waals surface area contributed by atoms with Crippen LogP contribution < -0.4 is 4.74 Å². The van der Waals surface area contributed by atoms with Crippen molar-refractivity contribution < 1.29 is 14.8 Å². The van der Waals surface area contributed by atoms with Gasteiger partial charge in [0.25, 0.3) is 5.69 Å². The van der Waals surface area contributed by atoms with Gasteiger partial charge in [-0.15, -0.1) is 0 Å². The first-order valence-corrected chi connectivity index (χ1v) is 6.06. The fourth-order valence-corrected chi connectivity index (χ4v) is 1.86. The summed E-state index contributed by atoms with van der Waals surface area (Å²) in [5.41, 5.74) is 0.587. The first-order chi connectivity index (χ1) is 9.08. The summed E-state index contributed by atoms with van der Waals surface area (Å²) >= 11 is 3.18. The van der Waals surface area contributed by atoms with Gasteiger partial charge in [0.15, 0.2) is 0 Å². The number of hydrogen-bond acceptors (Lipinski definition) is 5. The van der Waals surface area contributed by atoms with Crippen molar-refractivity contribution in [3.05, 3.63) is 56.7 Å². The molecule has 19 heavy (non-hydrogen) atoms. The SMILES string of the molecule is O=[N+]([O-])c1cc(Br)cc(Oc2ccc(CO)cn2)c1. The molecular formula is C12H9BrN2O4. The Morgan fingerprint density at radius 1 is 1.37 bits per heavy atom. The third-order valence-corrected chi connectivity index (χ3v) is 2.73. The number of halogens is 1. The van der Waals surface area contributed by atoms with Crippen molar-refractivity contribution in [2.75, 3.05) is 0 Å². The van der Waals surface area contributed by atoms with Crippen molar-refractivity contribution in [1.29, 1.82) is 0 Å². The molecule has 0 aliphatic rings. The summed E-state index contributed by atoms with van der Waals surface area (Å²) in [5, 5.41) is 19.6. The molecule has 0 atom stereocenters. The maximum atomic E-state index is 10.7. The van der Waals surface area contributed by atoms with E-state index in [-0.39, 0.29) is 12.3 Å². The van der Waals surface area contributed by atoms with Crippen LogP contribution in [0.1, 0.15) is 5.56 Å². The monoisotopic (exact) mass is 324 g/mol. The van der Waals surface area contributed by atoms with Crippen LogP contribution in [0.2, 0.25) is 0 Å². The molecule has 1 aromatic heterocycles. The lowest BCUT2D eigenvalue weighted by molar-refractivity contribution is -0.385. The molecule has 0 aliphatic heterocycles. The van der Waals surface area contributed by atoms with Gasteiger partial charge in [0.05, 0.1) is 17.6 Å². The van der Waals surface area contributed by atoms with Gasteiger partial charge in [-0.2, -0.15) is 0 Å². The van der Waals surface area contributed by atoms with Crippen LogP contribution in [0.4, 0.5) is 5.69 Å². The zero-order valence-electron chi connectivity index (χ0n) is 9.62. The van der Waals surface area contributed by atoms with E-state index < -0.39 is 4.92 Å². The molecule has 2 rings (SSSR count). The van der Waals surface area contributed by atoms with Crippen molar-refractivity contribution >= 4 is 21.6 Å². The Hall–Kier alpha value is -1.99. The minimum atomic E-state index is -0.500. The predicted molar refractivity (Wildman–Crippen MR) is 71.0 cm³/mol. The number of ether oxygens (including phenoxy) is 1. The van der Waals surface area contributed by atoms with Gasteiger partial charge in [0, 0.05) is 22.8 Å². The Morgan fingerprint density at radius 2 is 2.16 bits per heavy atom. The Balaban J connectivity index is 2.24. The average Bonchev–Trinajstić information content (AvgIpc) is 2.39. The molecule has 0 aliphatic carbocycles. The molecular weight excluding hydrogens is 316 g/mol. The van der Waals surface area contributed by atoms with Crippen LogP contribution in [0.15, 0.2) is 41.0 Å². The van der Waals surface area contributed by atoms with Crippen molar-refractivity contribution in [3.8, 4) is 11.6 Å². The fraction of sp³-hybridized carbons (Fsp3) is 0.0833. The van der Waals surface area contributed by atoms with Crippen LogP contribution in [0.5, 0.6) is 11.6 Å². The van der Waals surface area contributed by atoms with E-state index in [0.29, 0.717) is 21.7 Å². The maximum Gasteiger partial charge on any atom is 0.274 e. The number of aliphatic hydroxyl groups is 1. The molecule has 0 spiro atoms. The number of aromatic nitrogens is 1. The topological polar surface area (TPSA) is 85.5 Å². The summed E-state index contributed by atoms with van der Waals surface area (Å²) in [6, 6.07) is 7.54. The van der Waals surface area contributed by atoms with Crippen LogP contribution >= 0.6 is 15.9 Å². The quantitative estimate of drug-likeness (QED) is 0.690. The Morgan fingerprint density at radius 3 is 2.74 bits per heavy atom. The molecule has 0 unspecified atom stereocenters. The molecule has 0 fully saturated rings. The first kappa shape index (κ1) is 13.4. The highest BCUT2D eigenvalue weighted by molar-refractivity contribution is 9.10. The summed E-state index contributed by atoms with van der Waals surface area (Å²) in [5.74, 6) is 0.606. The number of non-ortho nitro benzene ring substituents is 1. The van der Waals surface area contributed by atoms with E-state index in [4.69, 9.17) is 9.84 Å². The molecule has 6 nitrogen and oxygen atoms in total. The highest BCUT2D eigenvalue weighted by Gasteiger charge is 2.10. The number of nitro groups is 1. The van der Waals surface area contributed by atoms with E-state index in [9.17, 15) is 10.1 Å². The van der Waals surface area contributed by atoms with Gasteiger partial charge in [-0.1, -0.05) is 15.9 Å². The van der Waals surface area contributed by atoms with E-state index in [1.54, 1.807) is 18.2 Å². The second-order valence-corrected chi connectivity index (χ2v) is 4.58. The Bertz CT molecular complexity index is 601. The number of benzene rings is 1. The van der Waals surface area contributed by atoms with Crippen LogP contribution in [-0.4, -0.2) is 15.0 Å². The fourth-order valence-electron chi connectivity index (χ4n) is 1.40. The second kappa shape index (κ2) is 5.77. The molecule has 0 amide bonds. The third kappa shape index (κ3) is 3.49. The van der Waals surface area contributed by atoms with Crippen molar-refractivity contribution in [3.63, 3.8) is 0 Å². The van der Waals surface area contributed by atoms with E-state index in [0.717, 1.165) is 0 Å². The second-order valence-electron chi connectivity index (χ2n) is 3.67. The highest BCUT2D eigenvalue weighted by atomic mass is 79.9. The van der Waals surface area contributed by atoms with Gasteiger partial charge < -0.3 is 9.84 Å². The Kier molecular flexibility index (Phi) is 4.08. The van der Waals surface area contributed by atoms with Gasteiger partial charge in [0.2, 0.25) is 5.88 Å². The summed E-state index contributed by atoms with van der Waals surface area (Å²) in [6.07, 6.45) is 1.47. The lowest BCUT2D eigenvalue weighted by atomic mass is 10.3. The van der Waals surface area contributed by atoms with Crippen LogP contribution in [0.25, 0.3) is 0 Å². The van der Waals surface area contributed by atoms with E-state index >= 15 is 0 Å². The molecule has 0 saturated carbocycles. The number of nitro benzene ring substituents is 1. The molecule has 1 N–H and O–H groups in total. The third-order valence-electron chi connectivity index (χ3n) is 2.27. The van der Waals surface area contributed by atoms with Gasteiger partial charge in [-0.25, -0.2) is 4.98 Å². The van der Waals surface area contributed by atoms with Crippen molar-refractivity contribution in [2.45, 2.75) is 6.61 Å². The van der Waals surface area contributed by atoms with Gasteiger partial charge >= 0.3 is 0 Å². The van der Waals surface area contributed by atoms with Crippen LogP contribution in [0, 0.1) is 10.1 Å². The summed E-state index contributed by atoms with van der Waals surface area (Å²) in [4.78, 5) is 14.2. The molecule has 0 radical (unpaired) electrons. The molecule has 98 valence electrons. The van der Waals surface area contributed by atoms with Crippen LogP contribution in [0.3, 0.4) is 0 Å². The lowest BCUT2D eigenvalue weighted by Gasteiger charge is -2.05. The highest BCUT2D eigenvalue weighted by Crippen LogP contribution is 2.28. The number of rotatable bonds is 4. The molecule has 7 heteroatoms. The largest absolute Gasteiger partial charge is 0.439 e. The van der Waals surface area contributed by atoms with Gasteiger partial charge in [0.1, 0.15) is 5.75 Å². The lowest BCUT2D eigenvalue weighted by Crippen LogP contribution is -1.92. The van der Waals surface area contributed by atoms with Crippen molar-refractivity contribution in [2.24, 2.45) is 0 Å². The van der Waals surface area contributed by atoms with Gasteiger partial charge in [-0.05, 0) is 17.7 Å². The van der Waals surface area contributed by atoms with E-state index in [1.807, 2.05) is 0 Å². The average molecular weight is 325 g/mol. The number of hydrogen-bond donors (Lipinski definition) is 1. The molecule has 1 aromatic carbocycles. The summed E-state index contributed by atoms with van der Waals surface area (Å²) in [7, 11) is 0. The zero-order valence-corrected chi connectivity index (χ0v) is 11.2. The van der Waals surface area contributed by atoms with Crippen LogP contribution in [-0.2, 0) is 6.61 Å². The van der Waals surface area contributed by atoms with Crippen molar-refractivity contribution in [1.82, 2.24) is 4.98 Å². The molecule has 0 bridgehead atoms. The first-order valence-electron chi connectivity index (χ1n) is 5.27. The zero-order chi connectivity index (χ0) is 13.8. The minimum absolute atomic E-state index is 0.0728. The summed E-state index contributed by atoms with van der Waals surface area (Å²) in [6.45, 7) is -0.102. The molecule has 1 heterocycles. The van der Waals surface area contributed by atoms with Gasteiger partial charge in [-0.3, -0.25) is 10.1 Å². The maximum absolute atomic E-state index is 10.7. The van der Waals surface area contributed by atoms with E-state index in [2.05, 4.69) is 20.9 Å². The molecule has 0 saturated heterocycles. The smallest absolute Gasteiger partial charge is 0.274 e. The Labute approximate surface area is 117 Å².